The Balaban J connectivity index is 3.98. The second kappa shape index (κ2) is 58.9. The Kier molecular flexibility index (Phi) is 58.3. The second-order valence-corrected chi connectivity index (χ2v) is 26.4. The molecule has 3 N–H and O–H groups in total. The van der Waals surface area contributed by atoms with Gasteiger partial charge in [-0.25, -0.2) is 4.57 Å². The molecule has 3 atom stereocenters. The van der Waals surface area contributed by atoms with E-state index in [1.54, 1.807) is 0 Å². The Labute approximate surface area is 475 Å². The van der Waals surface area contributed by atoms with E-state index < -0.39 is 20.0 Å². The minimum Gasteiger partial charge on any atom is -0.391 e. The molecule has 0 aromatic carbocycles. The van der Waals surface area contributed by atoms with Crippen LogP contribution in [-0.2, 0) is 18.4 Å². The van der Waals surface area contributed by atoms with E-state index in [4.69, 9.17) is 9.05 Å². The van der Waals surface area contributed by atoms with Crippen molar-refractivity contribution in [2.45, 2.75) is 373 Å². The number of amides is 1. The molecule has 1 amide bonds. The van der Waals surface area contributed by atoms with Crippen molar-refractivity contribution in [1.29, 1.82) is 0 Å². The number of aliphatic hydroxyl groups excluding tert-OH is 1. The van der Waals surface area contributed by atoms with Gasteiger partial charge in [-0.05, 0) is 38.5 Å². The number of likely N-dealkylation sites (N-methyl/N-ethyl adjacent to an activating group) is 1. The predicted octanol–water partition coefficient (Wildman–Crippen LogP) is 21.3. The van der Waals surface area contributed by atoms with Crippen LogP contribution < -0.4 is 5.32 Å². The summed E-state index contributed by atoms with van der Waals surface area (Å²) >= 11 is 0. The summed E-state index contributed by atoms with van der Waals surface area (Å²) in [6.45, 7) is 4.95. The molecule has 0 aliphatic heterocycles. The molecule has 9 heteroatoms. The summed E-state index contributed by atoms with van der Waals surface area (Å²) in [6.07, 6.45) is 74.5. The van der Waals surface area contributed by atoms with Gasteiger partial charge in [0.05, 0.1) is 39.9 Å². The minimum atomic E-state index is -4.33. The van der Waals surface area contributed by atoms with E-state index in [0.717, 1.165) is 38.5 Å². The zero-order chi connectivity index (χ0) is 55.6. The maximum Gasteiger partial charge on any atom is 0.472 e. The van der Waals surface area contributed by atoms with Crippen molar-refractivity contribution in [3.8, 4) is 0 Å². The number of carbonyl (C=O) groups is 1. The van der Waals surface area contributed by atoms with Crippen molar-refractivity contribution in [3.05, 3.63) is 12.2 Å². The number of carbonyl (C=O) groups excluding carboxylic acids is 1. The molecule has 0 aromatic heterocycles. The van der Waals surface area contributed by atoms with Crippen LogP contribution >= 0.6 is 7.82 Å². The van der Waals surface area contributed by atoms with Crippen LogP contribution in [-0.4, -0.2) is 73.4 Å². The summed E-state index contributed by atoms with van der Waals surface area (Å²) < 4.78 is 23.9. The number of phosphoric ester groups is 1. The number of hydrogen-bond donors (Lipinski definition) is 3. The van der Waals surface area contributed by atoms with E-state index in [2.05, 4.69) is 31.3 Å². The number of hydrogen-bond acceptors (Lipinski definition) is 5. The highest BCUT2D eigenvalue weighted by Crippen LogP contribution is 2.43. The highest BCUT2D eigenvalue weighted by Gasteiger charge is 2.28. The summed E-state index contributed by atoms with van der Waals surface area (Å²) in [7, 11) is 1.63. The van der Waals surface area contributed by atoms with Crippen molar-refractivity contribution in [3.63, 3.8) is 0 Å². The SMILES string of the molecule is CCCCCCCCCC/C=C\CCCCCCCCCCCC(=O)NC(COP(=O)(O)OCC[N+](C)(C)C)C(O)CCCCCCCCCCCCCCCCCCCCCCCCCCCCCCCCCCC. The summed E-state index contributed by atoms with van der Waals surface area (Å²) in [5, 5.41) is 14.1. The third kappa shape index (κ3) is 60.9. The molecule has 0 heterocycles. The van der Waals surface area contributed by atoms with E-state index in [1.807, 2.05) is 21.1 Å². The molecular weight excluding hydrogens is 960 g/mol. The second-order valence-electron chi connectivity index (χ2n) is 24.9. The van der Waals surface area contributed by atoms with Crippen LogP contribution in [0.3, 0.4) is 0 Å². The predicted molar refractivity (Wildman–Crippen MR) is 332 cm³/mol. The summed E-state index contributed by atoms with van der Waals surface area (Å²) in [6, 6.07) is -0.760. The fourth-order valence-electron chi connectivity index (χ4n) is 10.7. The molecule has 0 rings (SSSR count). The van der Waals surface area contributed by atoms with Crippen LogP contribution in [0.15, 0.2) is 12.2 Å². The molecule has 0 fully saturated rings. The molecule has 0 radical (unpaired) electrons. The molecule has 454 valence electrons. The first-order valence-corrected chi connectivity index (χ1v) is 35.5. The van der Waals surface area contributed by atoms with Crippen molar-refractivity contribution < 1.29 is 32.9 Å². The lowest BCUT2D eigenvalue weighted by Crippen LogP contribution is -2.46. The fraction of sp³-hybridized carbons (Fsp3) is 0.955. The zero-order valence-electron chi connectivity index (χ0n) is 52.0. The largest absolute Gasteiger partial charge is 0.472 e. The number of aliphatic hydroxyl groups is 1. The van der Waals surface area contributed by atoms with Crippen molar-refractivity contribution in [2.75, 3.05) is 40.9 Å². The smallest absolute Gasteiger partial charge is 0.391 e. The number of quaternary nitrogens is 1. The van der Waals surface area contributed by atoms with E-state index in [0.29, 0.717) is 23.9 Å². The van der Waals surface area contributed by atoms with Gasteiger partial charge >= 0.3 is 7.82 Å². The molecule has 0 aliphatic carbocycles. The van der Waals surface area contributed by atoms with Crippen LogP contribution in [0.4, 0.5) is 0 Å². The molecule has 0 saturated carbocycles. The molecule has 0 spiro atoms. The normalized spacial score (nSPS) is 13.7. The van der Waals surface area contributed by atoms with Gasteiger partial charge in [-0.1, -0.05) is 328 Å². The Hall–Kier alpha value is -0.760. The maximum atomic E-state index is 13.0. The minimum absolute atomic E-state index is 0.0770. The molecule has 76 heavy (non-hydrogen) atoms. The van der Waals surface area contributed by atoms with Crippen LogP contribution in [0.5, 0.6) is 0 Å². The van der Waals surface area contributed by atoms with Gasteiger partial charge in [0, 0.05) is 6.42 Å². The number of unbranched alkanes of at least 4 members (excludes halogenated alkanes) is 49. The number of nitrogens with one attached hydrogen (secondary N) is 1. The van der Waals surface area contributed by atoms with E-state index >= 15 is 0 Å². The first-order valence-electron chi connectivity index (χ1n) is 34.1. The highest BCUT2D eigenvalue weighted by atomic mass is 31.2. The van der Waals surface area contributed by atoms with Crippen LogP contribution in [0.2, 0.25) is 0 Å². The lowest BCUT2D eigenvalue weighted by Gasteiger charge is -2.26. The number of rotatable bonds is 64. The lowest BCUT2D eigenvalue weighted by atomic mass is 10.0. The zero-order valence-corrected chi connectivity index (χ0v) is 52.9. The molecule has 0 saturated heterocycles. The molecule has 0 bridgehead atoms. The van der Waals surface area contributed by atoms with Gasteiger partial charge in [-0.3, -0.25) is 13.8 Å². The van der Waals surface area contributed by atoms with Gasteiger partial charge in [-0.2, -0.15) is 0 Å². The topological polar surface area (TPSA) is 105 Å². The number of allylic oxidation sites excluding steroid dienone is 2. The van der Waals surface area contributed by atoms with Crippen molar-refractivity contribution in [1.82, 2.24) is 5.32 Å². The highest BCUT2D eigenvalue weighted by molar-refractivity contribution is 7.47. The van der Waals surface area contributed by atoms with Gasteiger partial charge < -0.3 is 19.8 Å². The number of phosphoric acid groups is 1. The molecule has 0 aromatic rings. The van der Waals surface area contributed by atoms with Gasteiger partial charge in [0.1, 0.15) is 13.2 Å². The van der Waals surface area contributed by atoms with Gasteiger partial charge in [-0.15, -0.1) is 0 Å². The third-order valence-corrected chi connectivity index (χ3v) is 17.0. The van der Waals surface area contributed by atoms with Crippen molar-refractivity contribution >= 4 is 13.7 Å². The van der Waals surface area contributed by atoms with Crippen LogP contribution in [0, 0.1) is 0 Å². The summed E-state index contributed by atoms with van der Waals surface area (Å²) in [4.78, 5) is 23.4. The Bertz CT molecular complexity index is 1240. The maximum absolute atomic E-state index is 13.0. The Morgan fingerprint density at radius 2 is 0.711 bits per heavy atom. The quantitative estimate of drug-likeness (QED) is 0.0243. The van der Waals surface area contributed by atoms with Crippen LogP contribution in [0.25, 0.3) is 0 Å². The van der Waals surface area contributed by atoms with E-state index in [1.165, 1.54) is 295 Å². The first-order chi connectivity index (χ1) is 37.0. The monoisotopic (exact) mass is 1100 g/mol. The average molecular weight is 1100 g/mol. The van der Waals surface area contributed by atoms with Gasteiger partial charge in [0.25, 0.3) is 0 Å². The molecule has 8 nitrogen and oxygen atoms in total. The standard InChI is InChI=1S/C67H135N2O6P/c1-6-8-10-12-14-16-18-20-22-24-26-28-29-30-31-32-33-34-35-36-37-38-39-41-42-44-46-48-50-52-54-56-58-60-66(70)65(64-75-76(72,73)74-63-62-69(3,4)5)68-67(71)61-59-57-55-53-51-49-47-45-43-40-27-25-23-21-19-17-15-13-11-9-7-2/h25,27,65-66,70H,6-24,26,28-64H2,1-5H3,(H-,68,71,72,73)/p+1/b27-25-. The van der Waals surface area contributed by atoms with Gasteiger partial charge in [0.2, 0.25) is 5.91 Å². The van der Waals surface area contributed by atoms with Crippen LogP contribution in [0.1, 0.15) is 361 Å². The van der Waals surface area contributed by atoms with E-state index in [-0.39, 0.29) is 19.1 Å². The lowest BCUT2D eigenvalue weighted by molar-refractivity contribution is -0.870. The first kappa shape index (κ1) is 75.2. The van der Waals surface area contributed by atoms with Gasteiger partial charge in [0.15, 0.2) is 0 Å². The number of nitrogens with zero attached hydrogens (tertiary/aromatic N) is 1. The molecular formula is C67H136N2O6P+. The van der Waals surface area contributed by atoms with E-state index in [9.17, 15) is 19.4 Å². The average Bonchev–Trinajstić information content (AvgIpc) is 3.38. The summed E-state index contributed by atoms with van der Waals surface area (Å²) in [5.41, 5.74) is 0. The third-order valence-electron chi connectivity index (χ3n) is 16.0. The molecule has 0 aliphatic rings. The Morgan fingerprint density at radius 3 is 1.01 bits per heavy atom. The summed E-state index contributed by atoms with van der Waals surface area (Å²) in [5.74, 6) is -0.139. The van der Waals surface area contributed by atoms with Crippen molar-refractivity contribution in [2.24, 2.45) is 0 Å². The Morgan fingerprint density at radius 1 is 0.434 bits per heavy atom. The fourth-order valence-corrected chi connectivity index (χ4v) is 11.4. The molecule has 3 unspecified atom stereocenters.